The number of carbonyl (C=O) groups excluding carboxylic acids is 2. The van der Waals surface area contributed by atoms with E-state index in [-0.39, 0.29) is 18.1 Å². The lowest BCUT2D eigenvalue weighted by molar-refractivity contribution is -0.144. The van der Waals surface area contributed by atoms with Crippen molar-refractivity contribution < 1.29 is 14.3 Å². The van der Waals surface area contributed by atoms with Gasteiger partial charge in [0.05, 0.1) is 5.92 Å². The van der Waals surface area contributed by atoms with Crippen molar-refractivity contribution in [3.05, 3.63) is 48.0 Å². The van der Waals surface area contributed by atoms with E-state index >= 15 is 0 Å². The second-order valence-corrected chi connectivity index (χ2v) is 7.16. The molecule has 4 heteroatoms. The van der Waals surface area contributed by atoms with E-state index in [2.05, 4.69) is 20.4 Å². The average Bonchev–Trinajstić information content (AvgIpc) is 2.64. The lowest BCUT2D eigenvalue weighted by Crippen LogP contribution is -2.41. The van der Waals surface area contributed by atoms with Crippen LogP contribution in [0, 0.1) is 11.8 Å². The summed E-state index contributed by atoms with van der Waals surface area (Å²) in [5.74, 6) is -0.631. The highest BCUT2D eigenvalue weighted by molar-refractivity contribution is 5.96. The third-order valence-corrected chi connectivity index (χ3v) is 4.57. The van der Waals surface area contributed by atoms with Gasteiger partial charge in [0.15, 0.2) is 0 Å². The SMILES string of the molecule is C=C(C(=O)OCc1ccccc1)[C@@H](CC(C)C)C(=O)N1CCCCC1. The molecular formula is C21H29NO3. The Kier molecular flexibility index (Phi) is 7.23. The van der Waals surface area contributed by atoms with E-state index in [1.165, 1.54) is 6.42 Å². The van der Waals surface area contributed by atoms with E-state index in [1.54, 1.807) is 0 Å². The molecule has 0 radical (unpaired) electrons. The maximum Gasteiger partial charge on any atom is 0.334 e. The van der Waals surface area contributed by atoms with Gasteiger partial charge in [-0.2, -0.15) is 0 Å². The van der Waals surface area contributed by atoms with E-state index < -0.39 is 11.9 Å². The largest absolute Gasteiger partial charge is 0.457 e. The molecule has 0 aliphatic carbocycles. The summed E-state index contributed by atoms with van der Waals surface area (Å²) in [7, 11) is 0. The monoisotopic (exact) mass is 343 g/mol. The first-order valence-corrected chi connectivity index (χ1v) is 9.17. The number of hydrogen-bond acceptors (Lipinski definition) is 3. The average molecular weight is 343 g/mol. The molecule has 0 N–H and O–H groups in total. The summed E-state index contributed by atoms with van der Waals surface area (Å²) in [4.78, 5) is 27.2. The molecule has 0 aromatic heterocycles. The van der Waals surface area contributed by atoms with Crippen LogP contribution in [0.5, 0.6) is 0 Å². The molecule has 1 aromatic carbocycles. The van der Waals surface area contributed by atoms with E-state index in [0.717, 1.165) is 31.5 Å². The van der Waals surface area contributed by atoms with Crippen LogP contribution in [0.2, 0.25) is 0 Å². The molecular weight excluding hydrogens is 314 g/mol. The molecule has 0 saturated carbocycles. The third-order valence-electron chi connectivity index (χ3n) is 4.57. The van der Waals surface area contributed by atoms with Crippen LogP contribution < -0.4 is 0 Å². The Morgan fingerprint density at radius 2 is 1.76 bits per heavy atom. The predicted octanol–water partition coefficient (Wildman–Crippen LogP) is 3.96. The van der Waals surface area contributed by atoms with Crippen molar-refractivity contribution in [2.24, 2.45) is 11.8 Å². The van der Waals surface area contributed by atoms with Gasteiger partial charge < -0.3 is 9.64 Å². The van der Waals surface area contributed by atoms with Gasteiger partial charge >= 0.3 is 5.97 Å². The smallest absolute Gasteiger partial charge is 0.334 e. The maximum absolute atomic E-state index is 12.9. The number of ether oxygens (including phenoxy) is 1. The van der Waals surface area contributed by atoms with Crippen molar-refractivity contribution >= 4 is 11.9 Å². The van der Waals surface area contributed by atoms with E-state index in [1.807, 2.05) is 35.2 Å². The standard InChI is InChI=1S/C21H29NO3/c1-16(2)14-19(20(23)22-12-8-5-9-13-22)17(3)21(24)25-15-18-10-6-4-7-11-18/h4,6-7,10-11,16,19H,3,5,8-9,12-15H2,1-2H3/t19-/m1/s1. The lowest BCUT2D eigenvalue weighted by atomic mass is 9.89. The first-order chi connectivity index (χ1) is 12.0. The van der Waals surface area contributed by atoms with Crippen LogP contribution in [0.3, 0.4) is 0 Å². The zero-order chi connectivity index (χ0) is 18.2. The number of hydrogen-bond donors (Lipinski definition) is 0. The Morgan fingerprint density at radius 3 is 2.36 bits per heavy atom. The lowest BCUT2D eigenvalue weighted by Gasteiger charge is -2.31. The highest BCUT2D eigenvalue weighted by Crippen LogP contribution is 2.25. The van der Waals surface area contributed by atoms with Crippen LogP contribution in [0.4, 0.5) is 0 Å². The summed E-state index contributed by atoms with van der Waals surface area (Å²) in [5, 5.41) is 0. The molecule has 1 heterocycles. The Morgan fingerprint density at radius 1 is 1.12 bits per heavy atom. The fourth-order valence-electron chi connectivity index (χ4n) is 3.16. The van der Waals surface area contributed by atoms with Crippen LogP contribution in [0.15, 0.2) is 42.5 Å². The molecule has 1 saturated heterocycles. The van der Waals surface area contributed by atoms with Gasteiger partial charge in [-0.3, -0.25) is 4.79 Å². The summed E-state index contributed by atoms with van der Waals surface area (Å²) in [6.07, 6.45) is 3.85. The zero-order valence-electron chi connectivity index (χ0n) is 15.4. The third kappa shape index (κ3) is 5.73. The molecule has 25 heavy (non-hydrogen) atoms. The number of benzene rings is 1. The first-order valence-electron chi connectivity index (χ1n) is 9.17. The van der Waals surface area contributed by atoms with Crippen molar-refractivity contribution in [2.45, 2.75) is 46.1 Å². The fourth-order valence-corrected chi connectivity index (χ4v) is 3.16. The van der Waals surface area contributed by atoms with E-state index in [9.17, 15) is 9.59 Å². The number of rotatable bonds is 7. The van der Waals surface area contributed by atoms with Gasteiger partial charge in [-0.1, -0.05) is 50.8 Å². The van der Waals surface area contributed by atoms with Gasteiger partial charge in [0.2, 0.25) is 5.91 Å². The number of amides is 1. The number of esters is 1. The molecule has 4 nitrogen and oxygen atoms in total. The minimum absolute atomic E-state index is 0.0232. The fraction of sp³-hybridized carbons (Fsp3) is 0.524. The van der Waals surface area contributed by atoms with Crippen molar-refractivity contribution in [3.63, 3.8) is 0 Å². The van der Waals surface area contributed by atoms with Gasteiger partial charge in [0.25, 0.3) is 0 Å². The molecule has 0 spiro atoms. The molecule has 1 aliphatic rings. The van der Waals surface area contributed by atoms with Gasteiger partial charge in [0.1, 0.15) is 6.61 Å². The quantitative estimate of drug-likeness (QED) is 0.556. The maximum atomic E-state index is 12.9. The molecule has 1 fully saturated rings. The minimum atomic E-state index is -0.485. The summed E-state index contributed by atoms with van der Waals surface area (Å²) in [6.45, 7) is 9.78. The summed E-state index contributed by atoms with van der Waals surface area (Å²) in [6, 6.07) is 9.53. The van der Waals surface area contributed by atoms with Crippen molar-refractivity contribution in [1.82, 2.24) is 4.90 Å². The molecule has 1 aliphatic heterocycles. The van der Waals surface area contributed by atoms with Gasteiger partial charge in [-0.15, -0.1) is 0 Å². The summed E-state index contributed by atoms with van der Waals surface area (Å²) < 4.78 is 5.38. The highest BCUT2D eigenvalue weighted by atomic mass is 16.5. The summed E-state index contributed by atoms with van der Waals surface area (Å²) >= 11 is 0. The van der Waals surface area contributed by atoms with Gasteiger partial charge in [0, 0.05) is 18.7 Å². The van der Waals surface area contributed by atoms with Gasteiger partial charge in [-0.25, -0.2) is 4.79 Å². The second-order valence-electron chi connectivity index (χ2n) is 7.16. The first kappa shape index (κ1) is 19.2. The summed E-state index contributed by atoms with van der Waals surface area (Å²) in [5.41, 5.74) is 1.20. The predicted molar refractivity (Wildman–Crippen MR) is 98.8 cm³/mol. The molecule has 0 unspecified atom stereocenters. The van der Waals surface area contributed by atoms with Gasteiger partial charge in [-0.05, 0) is 37.2 Å². The Hall–Kier alpha value is -2.10. The van der Waals surface area contributed by atoms with Crippen LogP contribution in [-0.4, -0.2) is 29.9 Å². The molecule has 136 valence electrons. The number of piperidine rings is 1. The Bertz CT molecular complexity index is 588. The van der Waals surface area contributed by atoms with Crippen molar-refractivity contribution in [1.29, 1.82) is 0 Å². The van der Waals surface area contributed by atoms with Crippen molar-refractivity contribution in [2.75, 3.05) is 13.1 Å². The molecule has 1 atom stereocenters. The normalized spacial score (nSPS) is 15.7. The molecule has 1 amide bonds. The number of carbonyl (C=O) groups is 2. The zero-order valence-corrected chi connectivity index (χ0v) is 15.4. The van der Waals surface area contributed by atoms with Crippen LogP contribution in [0.1, 0.15) is 45.1 Å². The Labute approximate surface area is 150 Å². The second kappa shape index (κ2) is 9.40. The molecule has 0 bridgehead atoms. The van der Waals surface area contributed by atoms with E-state index in [0.29, 0.717) is 12.3 Å². The van der Waals surface area contributed by atoms with Crippen LogP contribution >= 0.6 is 0 Å². The molecule has 2 rings (SSSR count). The number of likely N-dealkylation sites (tertiary alicyclic amines) is 1. The number of nitrogens with zero attached hydrogens (tertiary/aromatic N) is 1. The van der Waals surface area contributed by atoms with Crippen LogP contribution in [0.25, 0.3) is 0 Å². The topological polar surface area (TPSA) is 46.6 Å². The van der Waals surface area contributed by atoms with E-state index in [4.69, 9.17) is 4.74 Å². The van der Waals surface area contributed by atoms with Crippen molar-refractivity contribution in [3.8, 4) is 0 Å². The molecule has 1 aromatic rings. The highest BCUT2D eigenvalue weighted by Gasteiger charge is 2.31. The van der Waals surface area contributed by atoms with Crippen LogP contribution in [-0.2, 0) is 20.9 Å². The Balaban J connectivity index is 2.00. The minimum Gasteiger partial charge on any atom is -0.457 e.